The van der Waals surface area contributed by atoms with Crippen molar-refractivity contribution in [3.8, 4) is 0 Å². The van der Waals surface area contributed by atoms with Crippen LogP contribution in [-0.2, 0) is 18.0 Å². The Bertz CT molecular complexity index is 354. The van der Waals surface area contributed by atoms with E-state index in [-0.39, 0.29) is 0 Å². The number of hydrogen-bond donors (Lipinski definition) is 0. The van der Waals surface area contributed by atoms with Gasteiger partial charge in [0.05, 0.1) is 24.8 Å². The third-order valence-electron chi connectivity index (χ3n) is 3.03. The number of rotatable bonds is 13. The van der Waals surface area contributed by atoms with Crippen LogP contribution < -0.4 is 0 Å². The average molecular weight is 351 g/mol. The van der Waals surface area contributed by atoms with Gasteiger partial charge in [0.2, 0.25) is 8.32 Å². The topological polar surface area (TPSA) is 44.8 Å². The smallest absolute Gasteiger partial charge is 0.360 e. The summed E-state index contributed by atoms with van der Waals surface area (Å²) in [5.74, 6) is 0. The fourth-order valence-electron chi connectivity index (χ4n) is 1.96. The second-order valence-electron chi connectivity index (χ2n) is 6.34. The summed E-state index contributed by atoms with van der Waals surface area (Å²) < 4.78 is 29.8. The van der Waals surface area contributed by atoms with Crippen molar-refractivity contribution < 1.29 is 18.0 Å². The maximum Gasteiger partial charge on any atom is 0.360 e. The standard InChI is InChI=1S/C16H35O4PSi/c1-7-10-11-12-13-14-16(15-20-22(4,5)6)21(17,18-8-2)19-9-3/h15H,7-14H2,1-6H3/b16-15+. The van der Waals surface area contributed by atoms with Gasteiger partial charge in [-0.25, -0.2) is 0 Å². The summed E-state index contributed by atoms with van der Waals surface area (Å²) in [6.07, 6.45) is 8.19. The van der Waals surface area contributed by atoms with Gasteiger partial charge in [0.15, 0.2) is 0 Å². The highest BCUT2D eigenvalue weighted by molar-refractivity contribution is 7.58. The van der Waals surface area contributed by atoms with Crippen LogP contribution >= 0.6 is 7.60 Å². The van der Waals surface area contributed by atoms with Crippen molar-refractivity contribution in [1.29, 1.82) is 0 Å². The molecule has 0 bridgehead atoms. The quantitative estimate of drug-likeness (QED) is 0.169. The second-order valence-corrected chi connectivity index (χ2v) is 12.9. The van der Waals surface area contributed by atoms with E-state index in [1.165, 1.54) is 19.3 Å². The van der Waals surface area contributed by atoms with Crippen molar-refractivity contribution in [3.63, 3.8) is 0 Å². The molecule has 0 saturated carbocycles. The zero-order valence-corrected chi connectivity index (χ0v) is 17.2. The van der Waals surface area contributed by atoms with Crippen LogP contribution in [0.15, 0.2) is 11.6 Å². The van der Waals surface area contributed by atoms with E-state index < -0.39 is 15.9 Å². The molecule has 4 nitrogen and oxygen atoms in total. The Morgan fingerprint density at radius 2 is 1.50 bits per heavy atom. The van der Waals surface area contributed by atoms with Crippen LogP contribution in [0.5, 0.6) is 0 Å². The van der Waals surface area contributed by atoms with Gasteiger partial charge in [0.1, 0.15) is 0 Å². The number of hydrogen-bond acceptors (Lipinski definition) is 4. The number of allylic oxidation sites excluding steroid dienone is 1. The molecule has 0 aliphatic carbocycles. The average Bonchev–Trinajstić information content (AvgIpc) is 2.41. The van der Waals surface area contributed by atoms with Gasteiger partial charge in [0.25, 0.3) is 0 Å². The normalized spacial score (nSPS) is 13.5. The summed E-state index contributed by atoms with van der Waals surface area (Å²) in [5.41, 5.74) is 0. The molecule has 0 radical (unpaired) electrons. The maximum absolute atomic E-state index is 13.0. The van der Waals surface area contributed by atoms with Crippen molar-refractivity contribution in [2.75, 3.05) is 13.2 Å². The van der Waals surface area contributed by atoms with E-state index in [1.54, 1.807) is 6.26 Å². The third-order valence-corrected chi connectivity index (χ3v) is 6.09. The summed E-state index contributed by atoms with van der Waals surface area (Å²) in [6, 6.07) is 0. The monoisotopic (exact) mass is 350 g/mol. The molecular formula is C16H35O4PSi. The zero-order chi connectivity index (χ0) is 17.1. The zero-order valence-electron chi connectivity index (χ0n) is 15.3. The molecule has 6 heteroatoms. The molecule has 0 heterocycles. The van der Waals surface area contributed by atoms with Gasteiger partial charge in [-0.2, -0.15) is 0 Å². The maximum atomic E-state index is 13.0. The van der Waals surface area contributed by atoms with Crippen LogP contribution in [0, 0.1) is 0 Å². The van der Waals surface area contributed by atoms with E-state index in [0.29, 0.717) is 24.9 Å². The summed E-state index contributed by atoms with van der Waals surface area (Å²) in [5, 5.41) is 0.690. The molecule has 0 aliphatic rings. The van der Waals surface area contributed by atoms with Gasteiger partial charge >= 0.3 is 7.60 Å². The molecule has 22 heavy (non-hydrogen) atoms. The highest BCUT2D eigenvalue weighted by atomic mass is 31.2. The lowest BCUT2D eigenvalue weighted by Gasteiger charge is -2.22. The lowest BCUT2D eigenvalue weighted by atomic mass is 10.1. The fraction of sp³-hybridized carbons (Fsp3) is 0.875. The lowest BCUT2D eigenvalue weighted by Crippen LogP contribution is -2.22. The molecule has 0 unspecified atom stereocenters. The van der Waals surface area contributed by atoms with Gasteiger partial charge in [-0.3, -0.25) is 4.57 Å². The minimum atomic E-state index is -3.21. The van der Waals surface area contributed by atoms with E-state index in [9.17, 15) is 4.57 Å². The summed E-state index contributed by atoms with van der Waals surface area (Å²) >= 11 is 0. The molecule has 0 rings (SSSR count). The van der Waals surface area contributed by atoms with Crippen molar-refractivity contribution in [2.24, 2.45) is 0 Å². The first-order valence-electron chi connectivity index (χ1n) is 8.55. The van der Waals surface area contributed by atoms with E-state index >= 15 is 0 Å². The first kappa shape index (κ1) is 21.9. The van der Waals surface area contributed by atoms with Gasteiger partial charge < -0.3 is 13.5 Å². The molecule has 0 N–H and O–H groups in total. The summed E-state index contributed by atoms with van der Waals surface area (Å²) in [4.78, 5) is 0. The Labute approximate surface area is 138 Å². The van der Waals surface area contributed by atoms with Crippen LogP contribution in [0.1, 0.15) is 59.3 Å². The van der Waals surface area contributed by atoms with E-state index in [1.807, 2.05) is 13.8 Å². The predicted octanol–water partition coefficient (Wildman–Crippen LogP) is 6.31. The number of unbranched alkanes of at least 4 members (excludes halogenated alkanes) is 4. The molecule has 0 fully saturated rings. The van der Waals surface area contributed by atoms with E-state index in [0.717, 1.165) is 12.8 Å². The Balaban J connectivity index is 4.93. The molecule has 0 saturated heterocycles. The second kappa shape index (κ2) is 11.4. The third kappa shape index (κ3) is 9.83. The van der Waals surface area contributed by atoms with Gasteiger partial charge in [-0.05, 0) is 46.3 Å². The Morgan fingerprint density at radius 1 is 0.955 bits per heavy atom. The fourth-order valence-corrected chi connectivity index (χ4v) is 4.25. The van der Waals surface area contributed by atoms with E-state index in [4.69, 9.17) is 13.5 Å². The van der Waals surface area contributed by atoms with Gasteiger partial charge in [-0.1, -0.05) is 32.6 Å². The molecule has 0 aromatic rings. The van der Waals surface area contributed by atoms with Crippen LogP contribution in [0.3, 0.4) is 0 Å². The molecule has 132 valence electrons. The van der Waals surface area contributed by atoms with Crippen molar-refractivity contribution in [3.05, 3.63) is 11.6 Å². The molecule has 0 amide bonds. The van der Waals surface area contributed by atoms with Crippen LogP contribution in [0.2, 0.25) is 19.6 Å². The first-order chi connectivity index (χ1) is 10.3. The Kier molecular flexibility index (Phi) is 11.4. The predicted molar refractivity (Wildman–Crippen MR) is 96.7 cm³/mol. The molecule has 0 aromatic heterocycles. The molecule has 0 spiro atoms. The summed E-state index contributed by atoms with van der Waals surface area (Å²) in [6.45, 7) is 12.9. The summed E-state index contributed by atoms with van der Waals surface area (Å²) in [7, 11) is -4.93. The molecule has 0 atom stereocenters. The SMILES string of the molecule is CCCCCCC/C(=C\O[Si](C)(C)C)P(=O)(OCC)OCC. The van der Waals surface area contributed by atoms with Crippen molar-refractivity contribution in [1.82, 2.24) is 0 Å². The highest BCUT2D eigenvalue weighted by Crippen LogP contribution is 2.57. The highest BCUT2D eigenvalue weighted by Gasteiger charge is 2.30. The molecule has 0 aromatic carbocycles. The van der Waals surface area contributed by atoms with Crippen LogP contribution in [0.25, 0.3) is 0 Å². The minimum absolute atomic E-state index is 0.372. The van der Waals surface area contributed by atoms with Crippen molar-refractivity contribution in [2.45, 2.75) is 78.9 Å². The minimum Gasteiger partial charge on any atom is -0.549 e. The lowest BCUT2D eigenvalue weighted by molar-refractivity contribution is 0.224. The van der Waals surface area contributed by atoms with Gasteiger partial charge in [0, 0.05) is 0 Å². The molecular weight excluding hydrogens is 315 g/mol. The van der Waals surface area contributed by atoms with E-state index in [2.05, 4.69) is 26.6 Å². The Morgan fingerprint density at radius 3 is 1.95 bits per heavy atom. The van der Waals surface area contributed by atoms with Crippen LogP contribution in [0.4, 0.5) is 0 Å². The van der Waals surface area contributed by atoms with Crippen molar-refractivity contribution >= 4 is 15.9 Å². The van der Waals surface area contributed by atoms with Gasteiger partial charge in [-0.15, -0.1) is 0 Å². The van der Waals surface area contributed by atoms with Crippen LogP contribution in [-0.4, -0.2) is 21.5 Å². The Hall–Kier alpha value is -0.0931. The largest absolute Gasteiger partial charge is 0.549 e. The first-order valence-corrected chi connectivity index (χ1v) is 13.5. The molecule has 0 aliphatic heterocycles.